The van der Waals surface area contributed by atoms with Gasteiger partial charge < -0.3 is 29.9 Å². The maximum absolute atomic E-state index is 11.7. The molecule has 4 rings (SSSR count). The second-order valence-corrected chi connectivity index (χ2v) is 9.95. The zero-order valence-corrected chi connectivity index (χ0v) is 20.9. The minimum Gasteiger partial charge on any atom is -0.504 e. The summed E-state index contributed by atoms with van der Waals surface area (Å²) in [6.07, 6.45) is -0.484. The number of aliphatic carboxylic acids is 2. The van der Waals surface area contributed by atoms with Gasteiger partial charge in [0.1, 0.15) is 0 Å². The van der Waals surface area contributed by atoms with Crippen molar-refractivity contribution in [2.45, 2.75) is 12.8 Å². The minimum absolute atomic E-state index is 0.0141. The summed E-state index contributed by atoms with van der Waals surface area (Å²) in [5, 5.41) is 39.0. The van der Waals surface area contributed by atoms with Crippen molar-refractivity contribution in [3.63, 3.8) is 0 Å². The van der Waals surface area contributed by atoms with Crippen molar-refractivity contribution < 1.29 is 39.5 Å². The molecule has 0 saturated heterocycles. The Morgan fingerprint density at radius 3 is 1.42 bits per heavy atom. The molecular formula is C26H22O8S2. The van der Waals surface area contributed by atoms with E-state index in [0.717, 1.165) is 20.9 Å². The lowest BCUT2D eigenvalue weighted by Gasteiger charge is -2.05. The zero-order valence-electron chi connectivity index (χ0n) is 19.3. The maximum atomic E-state index is 11.7. The first kappa shape index (κ1) is 25.1. The van der Waals surface area contributed by atoms with Gasteiger partial charge in [-0.25, -0.2) is 0 Å². The highest BCUT2D eigenvalue weighted by Crippen LogP contribution is 2.47. The van der Waals surface area contributed by atoms with Crippen molar-refractivity contribution >= 4 is 34.6 Å². The normalized spacial score (nSPS) is 10.8. The number of hydrogen-bond donors (Lipinski definition) is 4. The summed E-state index contributed by atoms with van der Waals surface area (Å²) in [6.45, 7) is 0. The molecule has 0 atom stereocenters. The van der Waals surface area contributed by atoms with Crippen molar-refractivity contribution in [1.29, 1.82) is 0 Å². The molecule has 2 heterocycles. The molecule has 0 fully saturated rings. The average Bonchev–Trinajstić information content (AvgIpc) is 3.43. The van der Waals surface area contributed by atoms with Gasteiger partial charge in [0.15, 0.2) is 23.0 Å². The largest absolute Gasteiger partial charge is 0.504 e. The highest BCUT2D eigenvalue weighted by molar-refractivity contribution is 7.25. The third-order valence-corrected chi connectivity index (χ3v) is 8.05. The molecule has 0 aliphatic carbocycles. The predicted octanol–water partition coefficient (Wildman–Crippen LogP) is 5.49. The number of methoxy groups -OCH3 is 2. The molecule has 2 aromatic heterocycles. The lowest BCUT2D eigenvalue weighted by molar-refractivity contribution is -0.137. The number of phenols is 2. The number of phenolic OH excluding ortho intramolecular Hbond substituents is 2. The molecular weight excluding hydrogens is 504 g/mol. The number of carboxylic acids is 2. The van der Waals surface area contributed by atoms with E-state index in [4.69, 9.17) is 9.47 Å². The monoisotopic (exact) mass is 526 g/mol. The first-order chi connectivity index (χ1) is 17.2. The molecule has 0 amide bonds. The van der Waals surface area contributed by atoms with Crippen molar-refractivity contribution in [1.82, 2.24) is 0 Å². The summed E-state index contributed by atoms with van der Waals surface area (Å²) in [5.74, 6) is -1.48. The number of hydrogen-bond acceptors (Lipinski definition) is 8. The zero-order chi connectivity index (χ0) is 26.0. The number of aromatic hydroxyl groups is 2. The van der Waals surface area contributed by atoms with E-state index in [1.165, 1.54) is 49.0 Å². The molecule has 8 nitrogen and oxygen atoms in total. The van der Waals surface area contributed by atoms with Gasteiger partial charge in [0.2, 0.25) is 0 Å². The van der Waals surface area contributed by atoms with Crippen LogP contribution in [0.25, 0.3) is 30.6 Å². The average molecular weight is 527 g/mol. The topological polar surface area (TPSA) is 134 Å². The molecule has 0 aliphatic heterocycles. The van der Waals surface area contributed by atoms with Crippen molar-refractivity contribution in [2.24, 2.45) is 0 Å². The van der Waals surface area contributed by atoms with Crippen LogP contribution in [0.4, 0.5) is 0 Å². The second kappa shape index (κ2) is 10.3. The number of thiophene rings is 2. The van der Waals surface area contributed by atoms with Crippen LogP contribution in [-0.2, 0) is 22.4 Å². The highest BCUT2D eigenvalue weighted by atomic mass is 32.1. The molecule has 186 valence electrons. The maximum Gasteiger partial charge on any atom is 0.307 e. The molecule has 4 aromatic rings. The van der Waals surface area contributed by atoms with Gasteiger partial charge in [-0.15, -0.1) is 22.7 Å². The number of carbonyl (C=O) groups is 2. The van der Waals surface area contributed by atoms with E-state index in [-0.39, 0.29) is 35.8 Å². The fourth-order valence-electron chi connectivity index (χ4n) is 3.78. The van der Waals surface area contributed by atoms with Crippen molar-refractivity contribution in [2.75, 3.05) is 14.2 Å². The van der Waals surface area contributed by atoms with Crippen LogP contribution in [0.5, 0.6) is 23.0 Å². The summed E-state index contributed by atoms with van der Waals surface area (Å²) in [6, 6.07) is 13.3. The van der Waals surface area contributed by atoms with Crippen LogP contribution in [0.3, 0.4) is 0 Å². The Kier molecular flexibility index (Phi) is 7.18. The Bertz CT molecular complexity index is 1340. The molecule has 0 unspecified atom stereocenters. The molecule has 2 aromatic carbocycles. The van der Waals surface area contributed by atoms with Crippen LogP contribution in [0.1, 0.15) is 11.1 Å². The van der Waals surface area contributed by atoms with Crippen LogP contribution in [0, 0.1) is 0 Å². The molecule has 0 bridgehead atoms. The number of ether oxygens (including phenoxy) is 2. The van der Waals surface area contributed by atoms with E-state index < -0.39 is 11.9 Å². The van der Waals surface area contributed by atoms with E-state index in [1.807, 2.05) is 0 Å². The van der Waals surface area contributed by atoms with Gasteiger partial charge in [-0.3, -0.25) is 9.59 Å². The van der Waals surface area contributed by atoms with Gasteiger partial charge in [0.25, 0.3) is 0 Å². The number of benzene rings is 2. The first-order valence-corrected chi connectivity index (χ1v) is 12.3. The summed E-state index contributed by atoms with van der Waals surface area (Å²) in [5.41, 5.74) is 2.57. The van der Waals surface area contributed by atoms with E-state index >= 15 is 0 Å². The summed E-state index contributed by atoms with van der Waals surface area (Å²) in [4.78, 5) is 26.1. The van der Waals surface area contributed by atoms with Crippen LogP contribution in [0.15, 0.2) is 48.5 Å². The van der Waals surface area contributed by atoms with E-state index in [9.17, 15) is 30.0 Å². The molecule has 4 N–H and O–H groups in total. The van der Waals surface area contributed by atoms with Crippen LogP contribution in [-0.4, -0.2) is 46.6 Å². The summed E-state index contributed by atoms with van der Waals surface area (Å²) < 4.78 is 10.4. The minimum atomic E-state index is -1.01. The Morgan fingerprint density at radius 2 is 1.08 bits per heavy atom. The lowest BCUT2D eigenvalue weighted by atomic mass is 10.1. The molecule has 0 spiro atoms. The fraction of sp³-hybridized carbons (Fsp3) is 0.154. The van der Waals surface area contributed by atoms with Gasteiger partial charge >= 0.3 is 11.9 Å². The second-order valence-electron chi connectivity index (χ2n) is 7.84. The van der Waals surface area contributed by atoms with E-state index in [1.54, 1.807) is 36.4 Å². The van der Waals surface area contributed by atoms with Gasteiger partial charge in [0, 0.05) is 19.5 Å². The molecule has 0 radical (unpaired) electrons. The van der Waals surface area contributed by atoms with Crippen LogP contribution < -0.4 is 9.47 Å². The Hall–Kier alpha value is -4.02. The first-order valence-electron chi connectivity index (χ1n) is 10.6. The molecule has 36 heavy (non-hydrogen) atoms. The molecule has 10 heteroatoms. The standard InChI is InChI=1S/C26H22O8S2/c1-33-19-7-13(3-5-17(19)27)21-9-15(11-23(29)30)25(35-21)26-16(12-24(31)32)10-22(36-26)14-4-6-18(28)20(8-14)34-2/h3-10,27-28H,11-12H2,1-2H3,(H,29,30)(H,31,32). The predicted molar refractivity (Wildman–Crippen MR) is 138 cm³/mol. The lowest BCUT2D eigenvalue weighted by Crippen LogP contribution is -2.01. The number of carboxylic acid groups (broad SMARTS) is 2. The molecule has 0 aliphatic rings. The SMILES string of the molecule is COc1cc(-c2cc(CC(=O)O)c(-c3sc(-c4ccc(O)c(OC)c4)cc3CC(=O)O)s2)ccc1O. The Morgan fingerprint density at radius 1 is 0.694 bits per heavy atom. The molecule has 0 saturated carbocycles. The summed E-state index contributed by atoms with van der Waals surface area (Å²) >= 11 is 2.69. The highest BCUT2D eigenvalue weighted by Gasteiger charge is 2.22. The van der Waals surface area contributed by atoms with Crippen LogP contribution in [0.2, 0.25) is 0 Å². The third kappa shape index (κ3) is 5.14. The van der Waals surface area contributed by atoms with E-state index in [0.29, 0.717) is 20.9 Å². The number of rotatable bonds is 9. The van der Waals surface area contributed by atoms with E-state index in [2.05, 4.69) is 0 Å². The van der Waals surface area contributed by atoms with Gasteiger partial charge in [0.05, 0.1) is 27.1 Å². The van der Waals surface area contributed by atoms with Gasteiger partial charge in [-0.2, -0.15) is 0 Å². The Balaban J connectivity index is 1.88. The van der Waals surface area contributed by atoms with Crippen molar-refractivity contribution in [3.05, 3.63) is 59.7 Å². The van der Waals surface area contributed by atoms with Crippen LogP contribution >= 0.6 is 22.7 Å². The van der Waals surface area contributed by atoms with Crippen molar-refractivity contribution in [3.8, 4) is 53.6 Å². The third-order valence-electron chi connectivity index (χ3n) is 5.44. The van der Waals surface area contributed by atoms with Gasteiger partial charge in [-0.1, -0.05) is 0 Å². The Labute approximate surface area is 214 Å². The van der Waals surface area contributed by atoms with Gasteiger partial charge in [-0.05, 0) is 70.8 Å². The fourth-order valence-corrected chi connectivity index (χ4v) is 6.33. The quantitative estimate of drug-likeness (QED) is 0.225. The summed E-state index contributed by atoms with van der Waals surface area (Å²) in [7, 11) is 2.89. The smallest absolute Gasteiger partial charge is 0.307 e.